The molecule has 17 heavy (non-hydrogen) atoms. The van der Waals surface area contributed by atoms with Crippen LogP contribution in [0.4, 0.5) is 0 Å². The molecule has 0 amide bonds. The second-order valence-corrected chi connectivity index (χ2v) is 4.41. The SMILES string of the molecule is COCCCN(C)C(CN)Cc1ccccc1. The number of ether oxygens (including phenoxy) is 1. The predicted molar refractivity (Wildman–Crippen MR) is 72.1 cm³/mol. The minimum Gasteiger partial charge on any atom is -0.385 e. The van der Waals surface area contributed by atoms with Crippen molar-refractivity contribution in [1.82, 2.24) is 4.90 Å². The van der Waals surface area contributed by atoms with Crippen LogP contribution in [0.5, 0.6) is 0 Å². The van der Waals surface area contributed by atoms with Crippen molar-refractivity contribution < 1.29 is 4.74 Å². The van der Waals surface area contributed by atoms with Crippen molar-refractivity contribution in [2.24, 2.45) is 5.73 Å². The van der Waals surface area contributed by atoms with Crippen molar-refractivity contribution >= 4 is 0 Å². The average Bonchev–Trinajstić information content (AvgIpc) is 2.37. The highest BCUT2D eigenvalue weighted by Crippen LogP contribution is 2.07. The van der Waals surface area contributed by atoms with Gasteiger partial charge >= 0.3 is 0 Å². The third-order valence-electron chi connectivity index (χ3n) is 3.07. The van der Waals surface area contributed by atoms with Crippen LogP contribution in [0.2, 0.25) is 0 Å². The van der Waals surface area contributed by atoms with E-state index in [1.54, 1.807) is 7.11 Å². The van der Waals surface area contributed by atoms with E-state index in [1.165, 1.54) is 5.56 Å². The van der Waals surface area contributed by atoms with Crippen LogP contribution in [0.25, 0.3) is 0 Å². The first-order chi connectivity index (χ1) is 8.27. The monoisotopic (exact) mass is 236 g/mol. The Balaban J connectivity index is 2.42. The van der Waals surface area contributed by atoms with E-state index in [2.05, 4.69) is 36.2 Å². The van der Waals surface area contributed by atoms with Crippen LogP contribution in [0.3, 0.4) is 0 Å². The van der Waals surface area contributed by atoms with Gasteiger partial charge in [-0.3, -0.25) is 0 Å². The van der Waals surface area contributed by atoms with E-state index in [1.807, 2.05) is 6.07 Å². The second-order valence-electron chi connectivity index (χ2n) is 4.41. The number of rotatable bonds is 8. The van der Waals surface area contributed by atoms with Crippen molar-refractivity contribution in [3.8, 4) is 0 Å². The lowest BCUT2D eigenvalue weighted by atomic mass is 10.0. The number of nitrogens with two attached hydrogens (primary N) is 1. The minimum atomic E-state index is 0.411. The first kappa shape index (κ1) is 14.2. The molecule has 0 spiro atoms. The Hall–Kier alpha value is -0.900. The van der Waals surface area contributed by atoms with E-state index >= 15 is 0 Å². The van der Waals surface area contributed by atoms with Crippen LogP contribution in [-0.4, -0.2) is 44.8 Å². The van der Waals surface area contributed by atoms with Crippen molar-refractivity contribution in [1.29, 1.82) is 0 Å². The van der Waals surface area contributed by atoms with E-state index in [0.717, 1.165) is 26.0 Å². The Morgan fingerprint density at radius 2 is 2.00 bits per heavy atom. The summed E-state index contributed by atoms with van der Waals surface area (Å²) in [6, 6.07) is 10.9. The smallest absolute Gasteiger partial charge is 0.0474 e. The molecule has 2 N–H and O–H groups in total. The summed E-state index contributed by atoms with van der Waals surface area (Å²) in [7, 11) is 3.88. The zero-order chi connectivity index (χ0) is 12.5. The number of hydrogen-bond donors (Lipinski definition) is 1. The summed E-state index contributed by atoms with van der Waals surface area (Å²) in [5, 5.41) is 0. The molecule has 1 rings (SSSR count). The summed E-state index contributed by atoms with van der Waals surface area (Å²) >= 11 is 0. The molecule has 3 heteroatoms. The lowest BCUT2D eigenvalue weighted by Gasteiger charge is -2.27. The van der Waals surface area contributed by atoms with Crippen molar-refractivity contribution in [2.75, 3.05) is 33.9 Å². The van der Waals surface area contributed by atoms with E-state index in [9.17, 15) is 0 Å². The van der Waals surface area contributed by atoms with Crippen molar-refractivity contribution in [2.45, 2.75) is 18.9 Å². The molecule has 0 fully saturated rings. The Labute approximate surface area is 105 Å². The molecule has 0 aliphatic rings. The first-order valence-electron chi connectivity index (χ1n) is 6.21. The summed E-state index contributed by atoms with van der Waals surface area (Å²) in [6.45, 7) is 2.54. The van der Waals surface area contributed by atoms with Gasteiger partial charge < -0.3 is 15.4 Å². The Morgan fingerprint density at radius 1 is 1.29 bits per heavy atom. The third kappa shape index (κ3) is 5.31. The van der Waals surface area contributed by atoms with E-state index in [0.29, 0.717) is 12.6 Å². The molecule has 0 aliphatic heterocycles. The van der Waals surface area contributed by atoms with Crippen molar-refractivity contribution in [3.63, 3.8) is 0 Å². The Kier molecular flexibility index (Phi) is 6.86. The van der Waals surface area contributed by atoms with Gasteiger partial charge in [0.2, 0.25) is 0 Å². The number of likely N-dealkylation sites (N-methyl/N-ethyl adjacent to an activating group) is 1. The fourth-order valence-corrected chi connectivity index (χ4v) is 1.95. The van der Waals surface area contributed by atoms with Crippen molar-refractivity contribution in [3.05, 3.63) is 35.9 Å². The molecule has 1 atom stereocenters. The third-order valence-corrected chi connectivity index (χ3v) is 3.07. The van der Waals surface area contributed by atoms with Gasteiger partial charge in [-0.1, -0.05) is 30.3 Å². The lowest BCUT2D eigenvalue weighted by molar-refractivity contribution is 0.166. The van der Waals surface area contributed by atoms with Gasteiger partial charge in [-0.15, -0.1) is 0 Å². The number of methoxy groups -OCH3 is 1. The van der Waals surface area contributed by atoms with Crippen LogP contribution in [0.15, 0.2) is 30.3 Å². The fourth-order valence-electron chi connectivity index (χ4n) is 1.95. The number of nitrogens with zero attached hydrogens (tertiary/aromatic N) is 1. The molecule has 0 aliphatic carbocycles. The molecular weight excluding hydrogens is 212 g/mol. The molecule has 1 aromatic rings. The molecule has 1 unspecified atom stereocenters. The van der Waals surface area contributed by atoms with Gasteiger partial charge in [-0.25, -0.2) is 0 Å². The number of hydrogen-bond acceptors (Lipinski definition) is 3. The first-order valence-corrected chi connectivity index (χ1v) is 6.21. The highest BCUT2D eigenvalue weighted by molar-refractivity contribution is 5.16. The summed E-state index contributed by atoms with van der Waals surface area (Å²) in [4.78, 5) is 2.33. The Morgan fingerprint density at radius 3 is 2.59 bits per heavy atom. The van der Waals surface area contributed by atoms with Gasteiger partial charge in [0, 0.05) is 32.8 Å². The van der Waals surface area contributed by atoms with Crippen LogP contribution in [-0.2, 0) is 11.2 Å². The molecule has 3 nitrogen and oxygen atoms in total. The van der Waals surface area contributed by atoms with Crippen LogP contribution in [0, 0.1) is 0 Å². The molecule has 0 heterocycles. The van der Waals surface area contributed by atoms with Gasteiger partial charge in [0.25, 0.3) is 0 Å². The van der Waals surface area contributed by atoms with Gasteiger partial charge in [0.1, 0.15) is 0 Å². The maximum absolute atomic E-state index is 5.85. The predicted octanol–water partition coefficient (Wildman–Crippen LogP) is 1.52. The van der Waals surface area contributed by atoms with Crippen LogP contribution in [0.1, 0.15) is 12.0 Å². The molecular formula is C14H24N2O. The van der Waals surface area contributed by atoms with Gasteiger partial charge in [-0.05, 0) is 25.5 Å². The normalized spacial score (nSPS) is 12.9. The maximum atomic E-state index is 5.85. The summed E-state index contributed by atoms with van der Waals surface area (Å²) in [6.07, 6.45) is 2.07. The van der Waals surface area contributed by atoms with Crippen LogP contribution >= 0.6 is 0 Å². The number of benzene rings is 1. The second kappa shape index (κ2) is 8.23. The summed E-state index contributed by atoms with van der Waals surface area (Å²) < 4.78 is 5.07. The molecule has 96 valence electrons. The van der Waals surface area contributed by atoms with E-state index in [-0.39, 0.29) is 0 Å². The zero-order valence-corrected chi connectivity index (χ0v) is 10.9. The van der Waals surface area contributed by atoms with Gasteiger partial charge in [-0.2, -0.15) is 0 Å². The fraction of sp³-hybridized carbons (Fsp3) is 0.571. The maximum Gasteiger partial charge on any atom is 0.0474 e. The molecule has 1 aromatic carbocycles. The lowest BCUT2D eigenvalue weighted by Crippen LogP contribution is -2.40. The Bertz CT molecular complexity index is 290. The van der Waals surface area contributed by atoms with Gasteiger partial charge in [0.05, 0.1) is 0 Å². The molecule has 0 bridgehead atoms. The zero-order valence-electron chi connectivity index (χ0n) is 10.9. The molecule has 0 saturated carbocycles. The molecule has 0 saturated heterocycles. The highest BCUT2D eigenvalue weighted by Gasteiger charge is 2.12. The molecule has 0 aromatic heterocycles. The average molecular weight is 236 g/mol. The van der Waals surface area contributed by atoms with E-state index < -0.39 is 0 Å². The molecule has 0 radical (unpaired) electrons. The summed E-state index contributed by atoms with van der Waals surface area (Å²) in [5.74, 6) is 0. The van der Waals surface area contributed by atoms with E-state index in [4.69, 9.17) is 10.5 Å². The topological polar surface area (TPSA) is 38.5 Å². The standard InChI is InChI=1S/C14H24N2O/c1-16(9-6-10-17-2)14(12-15)11-13-7-4-3-5-8-13/h3-5,7-8,14H,6,9-12,15H2,1-2H3. The summed E-state index contributed by atoms with van der Waals surface area (Å²) in [5.41, 5.74) is 7.20. The van der Waals surface area contributed by atoms with Gasteiger partial charge in [0.15, 0.2) is 0 Å². The minimum absolute atomic E-state index is 0.411. The van der Waals surface area contributed by atoms with Crippen LogP contribution < -0.4 is 5.73 Å². The largest absolute Gasteiger partial charge is 0.385 e. The quantitative estimate of drug-likeness (QED) is 0.696. The highest BCUT2D eigenvalue weighted by atomic mass is 16.5.